The molecule has 20 heavy (non-hydrogen) atoms. The molecule has 0 fully saturated rings. The van der Waals surface area contributed by atoms with E-state index in [0.29, 0.717) is 19.4 Å². The molecule has 0 spiro atoms. The van der Waals surface area contributed by atoms with Crippen LogP contribution in [-0.4, -0.2) is 58.9 Å². The summed E-state index contributed by atoms with van der Waals surface area (Å²) in [6.07, 6.45) is 1.90. The highest BCUT2D eigenvalue weighted by molar-refractivity contribution is 5.82. The van der Waals surface area contributed by atoms with E-state index in [0.717, 1.165) is 6.42 Å². The molecule has 0 saturated heterocycles. The predicted molar refractivity (Wildman–Crippen MR) is 69.0 cm³/mol. The zero-order chi connectivity index (χ0) is 16.0. The number of rotatable bonds is 9. The molecule has 0 aliphatic carbocycles. The predicted octanol–water partition coefficient (Wildman–Crippen LogP) is -2.31. The van der Waals surface area contributed by atoms with E-state index in [-0.39, 0.29) is 13.1 Å². The molecule has 0 aromatic rings. The van der Waals surface area contributed by atoms with E-state index in [1.54, 1.807) is 5.48 Å². The molecule has 0 aromatic carbocycles. The lowest BCUT2D eigenvalue weighted by Gasteiger charge is -2.08. The second-order valence-corrected chi connectivity index (χ2v) is 3.68. The van der Waals surface area contributed by atoms with Crippen molar-refractivity contribution in [3.8, 4) is 0 Å². The van der Waals surface area contributed by atoms with Crippen LogP contribution in [0.3, 0.4) is 0 Å². The number of carbonyl (C=O) groups is 3. The summed E-state index contributed by atoms with van der Waals surface area (Å²) in [6, 6.07) is -0.860. The van der Waals surface area contributed by atoms with Crippen molar-refractivity contribution in [3.63, 3.8) is 0 Å². The van der Waals surface area contributed by atoms with E-state index < -0.39 is 23.9 Å². The van der Waals surface area contributed by atoms with Crippen molar-refractivity contribution in [1.82, 2.24) is 10.8 Å². The zero-order valence-corrected chi connectivity index (χ0v) is 11.0. The largest absolute Gasteiger partial charge is 0.480 e. The van der Waals surface area contributed by atoms with Crippen LogP contribution in [0, 0.1) is 0 Å². The molecule has 0 aliphatic heterocycles. The van der Waals surface area contributed by atoms with Crippen LogP contribution in [0.2, 0.25) is 0 Å². The maximum absolute atomic E-state index is 10.3. The van der Waals surface area contributed by atoms with Crippen molar-refractivity contribution in [3.05, 3.63) is 0 Å². The highest BCUT2D eigenvalue weighted by Crippen LogP contribution is 1.99. The van der Waals surface area contributed by atoms with Crippen LogP contribution in [0.15, 0.2) is 0 Å². The Bertz CT molecular complexity index is 299. The number of aliphatic carboxylic acids is 2. The lowest BCUT2D eigenvalue weighted by atomic mass is 10.1. The number of unbranched alkanes of at least 4 members (excludes halogenated alkanes) is 1. The topological polar surface area (TPSA) is 188 Å². The van der Waals surface area contributed by atoms with Crippen LogP contribution >= 0.6 is 0 Å². The van der Waals surface area contributed by atoms with E-state index in [4.69, 9.17) is 26.9 Å². The Kier molecular flexibility index (Phi) is 14.1. The van der Waals surface area contributed by atoms with Crippen molar-refractivity contribution in [2.75, 3.05) is 19.6 Å². The monoisotopic (exact) mass is 294 g/mol. The Morgan fingerprint density at radius 1 is 1.10 bits per heavy atom. The second-order valence-electron chi connectivity index (χ2n) is 3.68. The molecule has 9 N–H and O–H groups in total. The van der Waals surface area contributed by atoms with Gasteiger partial charge < -0.3 is 32.2 Å². The van der Waals surface area contributed by atoms with Crippen LogP contribution in [0.25, 0.3) is 0 Å². The summed E-state index contributed by atoms with van der Waals surface area (Å²) in [4.78, 5) is 30.3. The first kappa shape index (κ1) is 20.6. The Labute approximate surface area is 116 Å². The molecule has 0 bridgehead atoms. The molecule has 1 atom stereocenters. The van der Waals surface area contributed by atoms with Gasteiger partial charge in [0.1, 0.15) is 12.6 Å². The van der Waals surface area contributed by atoms with Gasteiger partial charge in [-0.05, 0) is 25.8 Å². The minimum Gasteiger partial charge on any atom is -0.480 e. The summed E-state index contributed by atoms with van der Waals surface area (Å²) in [7, 11) is 0. The number of nitrogens with two attached hydrogens (primary N) is 2. The van der Waals surface area contributed by atoms with Gasteiger partial charge in [0.25, 0.3) is 0 Å². The van der Waals surface area contributed by atoms with Crippen molar-refractivity contribution < 1.29 is 29.8 Å². The van der Waals surface area contributed by atoms with E-state index in [2.05, 4.69) is 5.32 Å². The van der Waals surface area contributed by atoms with E-state index in [1.807, 2.05) is 0 Å². The Morgan fingerprint density at radius 3 is 2.05 bits per heavy atom. The minimum absolute atomic E-state index is 0.173. The van der Waals surface area contributed by atoms with E-state index in [1.165, 1.54) is 0 Å². The number of hydrogen-bond acceptors (Lipinski definition) is 7. The molecule has 0 radical (unpaired) electrons. The Balaban J connectivity index is 0. The molecule has 0 aromatic heterocycles. The van der Waals surface area contributed by atoms with Gasteiger partial charge in [-0.25, -0.2) is 0 Å². The maximum Gasteiger partial charge on any atom is 0.323 e. The lowest BCUT2D eigenvalue weighted by Crippen LogP contribution is -2.34. The van der Waals surface area contributed by atoms with Gasteiger partial charge in [-0.15, -0.1) is 0 Å². The number of carboxylic acid groups (broad SMARTS) is 2. The summed E-state index contributed by atoms with van der Waals surface area (Å²) in [6.45, 7) is 0.0150. The molecule has 0 rings (SSSR count). The third-order valence-electron chi connectivity index (χ3n) is 2.02. The molecule has 0 aliphatic rings. The molecule has 118 valence electrons. The summed E-state index contributed by atoms with van der Waals surface area (Å²) < 4.78 is 0. The van der Waals surface area contributed by atoms with Crippen molar-refractivity contribution in [2.24, 2.45) is 11.5 Å². The molecular formula is C10H22N4O6. The standard InChI is InChI=1S/C6H14N2O3.C4H8N2O3/c7-4-2-1-3-5(8-11)6(9)10;5-1-3(7)6-2-4(8)9/h5,8,11H,1-4,7H2,(H,9,10);1-2,5H2,(H,6,7)(H,8,9). The van der Waals surface area contributed by atoms with Gasteiger partial charge in [-0.2, -0.15) is 5.48 Å². The minimum atomic E-state index is -1.07. The normalized spacial score (nSPS) is 10.9. The first-order chi connectivity index (χ1) is 9.38. The van der Waals surface area contributed by atoms with Gasteiger partial charge in [0.2, 0.25) is 5.91 Å². The molecular weight excluding hydrogens is 272 g/mol. The number of hydroxylamine groups is 1. The van der Waals surface area contributed by atoms with E-state index in [9.17, 15) is 14.4 Å². The van der Waals surface area contributed by atoms with Gasteiger partial charge in [0.15, 0.2) is 0 Å². The summed E-state index contributed by atoms with van der Waals surface area (Å²) in [5.74, 6) is -2.57. The number of amides is 1. The van der Waals surface area contributed by atoms with Crippen molar-refractivity contribution >= 4 is 17.8 Å². The molecule has 0 heterocycles. The lowest BCUT2D eigenvalue weighted by molar-refractivity contribution is -0.142. The third kappa shape index (κ3) is 14.3. The van der Waals surface area contributed by atoms with Gasteiger partial charge in [-0.1, -0.05) is 0 Å². The van der Waals surface area contributed by atoms with Crippen LogP contribution < -0.4 is 22.3 Å². The first-order valence-electron chi connectivity index (χ1n) is 5.90. The Morgan fingerprint density at radius 2 is 1.70 bits per heavy atom. The average molecular weight is 294 g/mol. The number of nitrogens with one attached hydrogen (secondary N) is 2. The highest BCUT2D eigenvalue weighted by Gasteiger charge is 2.14. The molecule has 1 unspecified atom stereocenters. The van der Waals surface area contributed by atoms with Crippen LogP contribution in [0.1, 0.15) is 19.3 Å². The summed E-state index contributed by atoms with van der Waals surface area (Å²) in [5, 5.41) is 26.8. The molecule has 1 amide bonds. The smallest absolute Gasteiger partial charge is 0.323 e. The molecule has 10 heteroatoms. The molecule has 10 nitrogen and oxygen atoms in total. The SMILES string of the molecule is NCC(=O)NCC(=O)O.NCCCCC(NO)C(=O)O. The quantitative estimate of drug-likeness (QED) is 0.181. The number of carbonyl (C=O) groups excluding carboxylic acids is 1. The van der Waals surface area contributed by atoms with Gasteiger partial charge >= 0.3 is 11.9 Å². The van der Waals surface area contributed by atoms with E-state index >= 15 is 0 Å². The maximum atomic E-state index is 10.3. The Hall–Kier alpha value is -1.75. The van der Waals surface area contributed by atoms with Crippen molar-refractivity contribution in [2.45, 2.75) is 25.3 Å². The van der Waals surface area contributed by atoms with Crippen LogP contribution in [0.4, 0.5) is 0 Å². The number of carboxylic acids is 2. The third-order valence-corrected chi connectivity index (χ3v) is 2.02. The highest BCUT2D eigenvalue weighted by atomic mass is 16.5. The zero-order valence-electron chi connectivity index (χ0n) is 11.0. The van der Waals surface area contributed by atoms with Crippen LogP contribution in [-0.2, 0) is 14.4 Å². The van der Waals surface area contributed by atoms with Crippen molar-refractivity contribution in [1.29, 1.82) is 0 Å². The average Bonchev–Trinajstić information content (AvgIpc) is 2.41. The van der Waals surface area contributed by atoms with Gasteiger partial charge in [-0.3, -0.25) is 14.4 Å². The fourth-order valence-corrected chi connectivity index (χ4v) is 0.982. The number of hydrogen-bond donors (Lipinski definition) is 7. The summed E-state index contributed by atoms with van der Waals surface area (Å²) in [5.41, 5.74) is 11.8. The molecule has 0 saturated carbocycles. The second kappa shape index (κ2) is 13.7. The fraction of sp³-hybridized carbons (Fsp3) is 0.700. The fourth-order valence-electron chi connectivity index (χ4n) is 0.982. The summed E-state index contributed by atoms with van der Waals surface area (Å²) >= 11 is 0. The van der Waals surface area contributed by atoms with Gasteiger partial charge in [0, 0.05) is 0 Å². The van der Waals surface area contributed by atoms with Crippen LogP contribution in [0.5, 0.6) is 0 Å². The first-order valence-corrected chi connectivity index (χ1v) is 5.90. The van der Waals surface area contributed by atoms with Gasteiger partial charge in [0.05, 0.1) is 6.54 Å².